The van der Waals surface area contributed by atoms with Crippen molar-refractivity contribution < 1.29 is 28.8 Å². The van der Waals surface area contributed by atoms with Crippen LogP contribution in [0.2, 0.25) is 0 Å². The van der Waals surface area contributed by atoms with Crippen LogP contribution in [0.15, 0.2) is 47.6 Å². The zero-order chi connectivity index (χ0) is 20.8. The highest BCUT2D eigenvalue weighted by molar-refractivity contribution is 7.99. The number of alkyl carbamates (subject to hydrolysis) is 1. The highest BCUT2D eigenvalue weighted by atomic mass is 32.2. The minimum Gasteiger partial charge on any atom is -0.464 e. The Morgan fingerprint density at radius 1 is 1.45 bits per heavy atom. The molecule has 2 unspecified atom stereocenters. The number of furan rings is 1. The maximum absolute atomic E-state index is 12.2. The first-order chi connectivity index (χ1) is 14.0. The smallest absolute Gasteiger partial charge is 0.464 e. The monoisotopic (exact) mass is 418 g/mol. The summed E-state index contributed by atoms with van der Waals surface area (Å²) in [6.07, 6.45) is 2.16. The third-order valence-corrected chi connectivity index (χ3v) is 5.85. The fourth-order valence-corrected chi connectivity index (χ4v) is 4.26. The van der Waals surface area contributed by atoms with E-state index in [1.807, 2.05) is 24.3 Å². The number of benzene rings is 1. The van der Waals surface area contributed by atoms with Gasteiger partial charge in [0, 0.05) is 23.4 Å². The Hall–Kier alpha value is -2.43. The van der Waals surface area contributed by atoms with Crippen LogP contribution in [0.1, 0.15) is 5.56 Å². The molecule has 1 saturated heterocycles. The average Bonchev–Trinajstić information content (AvgIpc) is 3.14. The summed E-state index contributed by atoms with van der Waals surface area (Å²) in [4.78, 5) is 25.8. The number of carbonyl (C=O) groups excluding carboxylic acids is 2. The molecule has 1 aromatic heterocycles. The van der Waals surface area contributed by atoms with Crippen LogP contribution in [0.5, 0.6) is 0 Å². The molecule has 8 nitrogen and oxygen atoms in total. The van der Waals surface area contributed by atoms with E-state index in [9.17, 15) is 19.6 Å². The Balaban J connectivity index is 1.58. The van der Waals surface area contributed by atoms with Crippen LogP contribution in [0.4, 0.5) is 4.79 Å². The van der Waals surface area contributed by atoms with E-state index in [-0.39, 0.29) is 25.0 Å². The quantitative estimate of drug-likeness (QED) is 0.458. The molecular weight excluding hydrogens is 395 g/mol. The lowest BCUT2D eigenvalue weighted by atomic mass is 9.76. The van der Waals surface area contributed by atoms with Gasteiger partial charge in [0.05, 0.1) is 18.2 Å². The van der Waals surface area contributed by atoms with Crippen molar-refractivity contribution >= 4 is 41.8 Å². The minimum absolute atomic E-state index is 0.0152. The molecule has 3 rings (SSSR count). The molecule has 154 valence electrons. The summed E-state index contributed by atoms with van der Waals surface area (Å²) in [6.45, 7) is 4.08. The molecule has 29 heavy (non-hydrogen) atoms. The number of ether oxygens (including phenoxy) is 1. The van der Waals surface area contributed by atoms with Crippen molar-refractivity contribution in [2.24, 2.45) is 0 Å². The van der Waals surface area contributed by atoms with Gasteiger partial charge in [0.2, 0.25) is 5.91 Å². The van der Waals surface area contributed by atoms with Crippen LogP contribution < -0.4 is 5.32 Å². The van der Waals surface area contributed by atoms with Gasteiger partial charge in [0.15, 0.2) is 0 Å². The summed E-state index contributed by atoms with van der Waals surface area (Å²) >= 11 is 1.68. The van der Waals surface area contributed by atoms with Crippen LogP contribution >= 0.6 is 11.8 Å². The van der Waals surface area contributed by atoms with Crippen LogP contribution in [0.3, 0.4) is 0 Å². The molecule has 0 radical (unpaired) electrons. The molecule has 0 saturated carbocycles. The number of hydrogen-bond donors (Lipinski definition) is 3. The summed E-state index contributed by atoms with van der Waals surface area (Å²) in [5, 5.41) is 22.7. The average molecular weight is 418 g/mol. The van der Waals surface area contributed by atoms with Crippen LogP contribution in [-0.4, -0.2) is 70.7 Å². The van der Waals surface area contributed by atoms with Gasteiger partial charge in [-0.3, -0.25) is 4.79 Å². The highest BCUT2D eigenvalue weighted by Crippen LogP contribution is 2.22. The van der Waals surface area contributed by atoms with E-state index in [2.05, 4.69) is 11.9 Å². The van der Waals surface area contributed by atoms with Gasteiger partial charge in [0.25, 0.3) is 0 Å². The maximum atomic E-state index is 12.2. The Labute approximate surface area is 173 Å². The first-order valence-electron chi connectivity index (χ1n) is 9.25. The number of amides is 2. The number of hydrogen-bond acceptors (Lipinski definition) is 7. The lowest BCUT2D eigenvalue weighted by Gasteiger charge is -2.34. The fraction of sp³-hybridized carbons (Fsp3) is 0.368. The molecular formula is C19H23BN2O6S. The normalized spacial score (nSPS) is 17.6. The number of para-hydroxylation sites is 1. The second-order valence-electron chi connectivity index (χ2n) is 6.69. The largest absolute Gasteiger partial charge is 0.475 e. The number of fused-ring (bicyclic) bond motifs is 1. The fourth-order valence-electron chi connectivity index (χ4n) is 3.22. The van der Waals surface area contributed by atoms with E-state index in [0.29, 0.717) is 17.9 Å². The molecule has 2 amide bonds. The lowest BCUT2D eigenvalue weighted by Crippen LogP contribution is -2.51. The highest BCUT2D eigenvalue weighted by Gasteiger charge is 2.30. The van der Waals surface area contributed by atoms with Crippen molar-refractivity contribution in [1.29, 1.82) is 0 Å². The van der Waals surface area contributed by atoms with Gasteiger partial charge >= 0.3 is 13.2 Å². The van der Waals surface area contributed by atoms with E-state index in [4.69, 9.17) is 9.15 Å². The van der Waals surface area contributed by atoms with Gasteiger partial charge in [0.1, 0.15) is 12.2 Å². The summed E-state index contributed by atoms with van der Waals surface area (Å²) in [5.74, 6) is 0.296. The molecule has 0 aliphatic carbocycles. The molecule has 2 atom stereocenters. The number of rotatable bonds is 7. The van der Waals surface area contributed by atoms with Gasteiger partial charge in [-0.15, -0.1) is 0 Å². The van der Waals surface area contributed by atoms with E-state index in [0.717, 1.165) is 16.7 Å². The summed E-state index contributed by atoms with van der Waals surface area (Å²) < 4.78 is 10.7. The third kappa shape index (κ3) is 5.34. The minimum atomic E-state index is -1.78. The number of thioether (sulfide) groups is 1. The van der Waals surface area contributed by atoms with Gasteiger partial charge < -0.3 is 29.4 Å². The summed E-state index contributed by atoms with van der Waals surface area (Å²) in [7, 11) is -1.78. The molecule has 1 aliphatic heterocycles. The topological polar surface area (TPSA) is 112 Å². The van der Waals surface area contributed by atoms with Crippen LogP contribution in [0.25, 0.3) is 11.0 Å². The van der Waals surface area contributed by atoms with Crippen molar-refractivity contribution in [3.8, 4) is 0 Å². The first-order valence-corrected chi connectivity index (χ1v) is 10.4. The molecule has 10 heteroatoms. The van der Waals surface area contributed by atoms with Crippen molar-refractivity contribution in [3.05, 3.63) is 48.7 Å². The molecule has 1 fully saturated rings. The third-order valence-electron chi connectivity index (χ3n) is 4.76. The molecule has 2 aromatic rings. The van der Waals surface area contributed by atoms with Gasteiger partial charge in [-0.2, -0.15) is 11.8 Å². The number of carbonyl (C=O) groups is 2. The summed E-state index contributed by atoms with van der Waals surface area (Å²) in [5.41, 5.74) is 1.42. The Morgan fingerprint density at radius 2 is 2.24 bits per heavy atom. The van der Waals surface area contributed by atoms with Crippen molar-refractivity contribution in [2.45, 2.75) is 18.4 Å². The molecule has 2 heterocycles. The van der Waals surface area contributed by atoms with Crippen molar-refractivity contribution in [2.75, 3.05) is 24.7 Å². The van der Waals surface area contributed by atoms with Crippen molar-refractivity contribution in [3.63, 3.8) is 0 Å². The number of nitrogens with zero attached hydrogens (tertiary/aromatic N) is 1. The predicted molar refractivity (Wildman–Crippen MR) is 111 cm³/mol. The Morgan fingerprint density at radius 3 is 3.00 bits per heavy atom. The lowest BCUT2D eigenvalue weighted by molar-refractivity contribution is -0.128. The van der Waals surface area contributed by atoms with Crippen LogP contribution in [-0.2, 0) is 16.0 Å². The number of nitrogens with one attached hydrogen (secondary N) is 1. The standard InChI is InChI=1S/C19H23BN2O6S/c1-2-18(23)22-7-8-29-12-14(22)11-28-19(24)21-17(20(25)26)9-13-10-27-16-6-4-3-5-15(13)16/h2-6,10,14,17,25-26H,1,7-9,11-12H2,(H,21,24). The zero-order valence-electron chi connectivity index (χ0n) is 15.8. The van der Waals surface area contributed by atoms with Gasteiger partial charge in [-0.1, -0.05) is 24.8 Å². The maximum Gasteiger partial charge on any atom is 0.475 e. The second-order valence-corrected chi connectivity index (χ2v) is 7.84. The molecule has 0 bridgehead atoms. The molecule has 1 aliphatic rings. The van der Waals surface area contributed by atoms with Crippen LogP contribution in [0, 0.1) is 0 Å². The second kappa shape index (κ2) is 9.86. The Bertz CT molecular complexity index is 873. The molecule has 0 spiro atoms. The van der Waals surface area contributed by atoms with E-state index < -0.39 is 19.2 Å². The van der Waals surface area contributed by atoms with Gasteiger partial charge in [-0.05, 0) is 24.1 Å². The molecule has 1 aromatic carbocycles. The van der Waals surface area contributed by atoms with Gasteiger partial charge in [-0.25, -0.2) is 4.79 Å². The summed E-state index contributed by atoms with van der Waals surface area (Å²) in [6, 6.07) is 7.11. The Kier molecular flexibility index (Phi) is 7.24. The predicted octanol–water partition coefficient (Wildman–Crippen LogP) is 1.21. The zero-order valence-corrected chi connectivity index (χ0v) is 16.6. The van der Waals surface area contributed by atoms with E-state index >= 15 is 0 Å². The van der Waals surface area contributed by atoms with E-state index in [1.165, 1.54) is 12.3 Å². The van der Waals surface area contributed by atoms with Crippen molar-refractivity contribution in [1.82, 2.24) is 10.2 Å². The van der Waals surface area contributed by atoms with E-state index in [1.54, 1.807) is 16.7 Å². The first kappa shape index (κ1) is 21.3. The molecule has 3 N–H and O–H groups in total. The SMILES string of the molecule is C=CC(=O)N1CCSCC1COC(=O)NC(Cc1coc2ccccc12)B(O)O.